The van der Waals surface area contributed by atoms with E-state index in [0.29, 0.717) is 11.4 Å². The average Bonchev–Trinajstić information content (AvgIpc) is 2.54. The summed E-state index contributed by atoms with van der Waals surface area (Å²) in [5.74, 6) is -0.810. The maximum atomic E-state index is 12.7. The zero-order chi connectivity index (χ0) is 19.3. The molecule has 0 saturated heterocycles. The molecule has 0 radical (unpaired) electrons. The summed E-state index contributed by atoms with van der Waals surface area (Å²) in [5, 5.41) is 7.75. The number of carbonyl (C=O) groups excluding carboxylic acids is 2. The summed E-state index contributed by atoms with van der Waals surface area (Å²) in [6, 6.07) is 9.33. The Bertz CT molecular complexity index is 825. The Labute approximate surface area is 152 Å². The van der Waals surface area contributed by atoms with Crippen LogP contribution in [-0.4, -0.2) is 18.4 Å². The van der Waals surface area contributed by atoms with E-state index in [-0.39, 0.29) is 23.2 Å². The number of anilines is 3. The minimum atomic E-state index is -4.54. The Hall–Kier alpha value is -2.74. The minimum absolute atomic E-state index is 0.000921. The number of carbonyl (C=O) groups is 2. The van der Waals surface area contributed by atoms with E-state index in [1.165, 1.54) is 6.92 Å². The predicted octanol–water partition coefficient (Wildman–Crippen LogP) is 4.37. The van der Waals surface area contributed by atoms with Gasteiger partial charge >= 0.3 is 6.18 Å². The van der Waals surface area contributed by atoms with Gasteiger partial charge in [0.2, 0.25) is 11.8 Å². The van der Waals surface area contributed by atoms with Crippen LogP contribution in [0.25, 0.3) is 0 Å². The van der Waals surface area contributed by atoms with E-state index in [9.17, 15) is 22.8 Å². The summed E-state index contributed by atoms with van der Waals surface area (Å²) >= 11 is 5.83. The van der Waals surface area contributed by atoms with Crippen LogP contribution in [0.4, 0.5) is 30.2 Å². The molecule has 0 atom stereocenters. The first-order valence-electron chi connectivity index (χ1n) is 7.43. The molecule has 0 aliphatic rings. The lowest BCUT2D eigenvalue weighted by Crippen LogP contribution is -2.22. The molecule has 0 heterocycles. The second-order valence-corrected chi connectivity index (χ2v) is 5.76. The third-order valence-corrected chi connectivity index (χ3v) is 3.53. The maximum absolute atomic E-state index is 12.7. The van der Waals surface area contributed by atoms with E-state index in [1.807, 2.05) is 0 Å². The highest BCUT2D eigenvalue weighted by atomic mass is 35.5. The fourth-order valence-electron chi connectivity index (χ4n) is 2.08. The van der Waals surface area contributed by atoms with Gasteiger partial charge in [-0.2, -0.15) is 13.2 Å². The van der Waals surface area contributed by atoms with Crippen molar-refractivity contribution in [1.29, 1.82) is 0 Å². The molecule has 2 aromatic carbocycles. The van der Waals surface area contributed by atoms with E-state index in [2.05, 4.69) is 16.0 Å². The molecule has 0 aliphatic carbocycles. The molecule has 26 heavy (non-hydrogen) atoms. The summed E-state index contributed by atoms with van der Waals surface area (Å²) in [7, 11) is 0. The van der Waals surface area contributed by atoms with Gasteiger partial charge in [0.1, 0.15) is 0 Å². The van der Waals surface area contributed by atoms with Crippen LogP contribution in [-0.2, 0) is 15.8 Å². The van der Waals surface area contributed by atoms with E-state index < -0.39 is 17.6 Å². The highest BCUT2D eigenvalue weighted by Gasteiger charge is 2.31. The topological polar surface area (TPSA) is 70.2 Å². The predicted molar refractivity (Wildman–Crippen MR) is 94.3 cm³/mol. The molecule has 0 unspecified atom stereocenters. The van der Waals surface area contributed by atoms with Crippen molar-refractivity contribution >= 4 is 40.5 Å². The Balaban J connectivity index is 2.00. The van der Waals surface area contributed by atoms with Crippen molar-refractivity contribution in [2.45, 2.75) is 13.1 Å². The van der Waals surface area contributed by atoms with Crippen LogP contribution in [0.15, 0.2) is 42.5 Å². The van der Waals surface area contributed by atoms with Crippen molar-refractivity contribution < 1.29 is 22.8 Å². The highest BCUT2D eigenvalue weighted by molar-refractivity contribution is 6.33. The molecule has 0 aromatic heterocycles. The van der Waals surface area contributed by atoms with Crippen LogP contribution in [0, 0.1) is 0 Å². The van der Waals surface area contributed by atoms with Gasteiger partial charge in [0.05, 0.1) is 22.8 Å². The summed E-state index contributed by atoms with van der Waals surface area (Å²) in [6.45, 7) is 1.17. The van der Waals surface area contributed by atoms with Gasteiger partial charge in [-0.15, -0.1) is 0 Å². The normalized spacial score (nSPS) is 11.0. The summed E-state index contributed by atoms with van der Waals surface area (Å²) < 4.78 is 38.2. The van der Waals surface area contributed by atoms with Crippen LogP contribution in [0.5, 0.6) is 0 Å². The summed E-state index contributed by atoms with van der Waals surface area (Å²) in [6.07, 6.45) is -4.54. The van der Waals surface area contributed by atoms with E-state index in [4.69, 9.17) is 11.6 Å². The number of hydrogen-bond donors (Lipinski definition) is 3. The molecule has 5 nitrogen and oxygen atoms in total. The Morgan fingerprint density at radius 3 is 2.38 bits per heavy atom. The second-order valence-electron chi connectivity index (χ2n) is 5.36. The fourth-order valence-corrected chi connectivity index (χ4v) is 2.25. The molecule has 2 aromatic rings. The first kappa shape index (κ1) is 19.6. The quantitative estimate of drug-likeness (QED) is 0.716. The maximum Gasteiger partial charge on any atom is 0.416 e. The number of amides is 2. The lowest BCUT2D eigenvalue weighted by atomic mass is 10.2. The van der Waals surface area contributed by atoms with Gasteiger partial charge in [0, 0.05) is 18.3 Å². The van der Waals surface area contributed by atoms with Gasteiger partial charge in [0.15, 0.2) is 0 Å². The second kappa shape index (κ2) is 8.09. The van der Waals surface area contributed by atoms with Crippen molar-refractivity contribution in [3.05, 3.63) is 53.1 Å². The molecule has 0 bridgehead atoms. The van der Waals surface area contributed by atoms with Gasteiger partial charge in [-0.3, -0.25) is 9.59 Å². The Morgan fingerprint density at radius 1 is 1.04 bits per heavy atom. The van der Waals surface area contributed by atoms with Gasteiger partial charge in [-0.05, 0) is 36.4 Å². The third-order valence-electron chi connectivity index (χ3n) is 3.20. The van der Waals surface area contributed by atoms with Crippen LogP contribution in [0.3, 0.4) is 0 Å². The molecule has 2 amide bonds. The molecule has 0 saturated carbocycles. The van der Waals surface area contributed by atoms with Gasteiger partial charge in [-0.1, -0.05) is 17.7 Å². The van der Waals surface area contributed by atoms with Crippen molar-refractivity contribution in [2.75, 3.05) is 22.5 Å². The number of nitrogens with one attached hydrogen (secondary N) is 3. The lowest BCUT2D eigenvalue weighted by molar-refractivity contribution is -0.137. The monoisotopic (exact) mass is 385 g/mol. The number of rotatable bonds is 5. The van der Waals surface area contributed by atoms with Crippen LogP contribution >= 0.6 is 11.6 Å². The molecule has 0 spiro atoms. The van der Waals surface area contributed by atoms with Crippen LogP contribution < -0.4 is 16.0 Å². The molecule has 9 heteroatoms. The molecule has 138 valence electrons. The number of halogens is 4. The van der Waals surface area contributed by atoms with E-state index >= 15 is 0 Å². The van der Waals surface area contributed by atoms with Crippen molar-refractivity contribution in [3.63, 3.8) is 0 Å². The third kappa shape index (κ3) is 5.66. The number of benzene rings is 2. The van der Waals surface area contributed by atoms with Gasteiger partial charge in [-0.25, -0.2) is 0 Å². The molecule has 2 rings (SSSR count). The summed E-state index contributed by atoms with van der Waals surface area (Å²) in [5.41, 5.74) is 0.0684. The van der Waals surface area contributed by atoms with Crippen molar-refractivity contribution in [1.82, 2.24) is 0 Å². The molecule has 0 fully saturated rings. The number of hydrogen-bond acceptors (Lipinski definition) is 3. The Kier molecular flexibility index (Phi) is 6.10. The van der Waals surface area contributed by atoms with Crippen LogP contribution in [0.2, 0.25) is 5.02 Å². The largest absolute Gasteiger partial charge is 0.416 e. The Morgan fingerprint density at radius 2 is 1.73 bits per heavy atom. The van der Waals surface area contributed by atoms with E-state index in [1.54, 1.807) is 24.3 Å². The first-order valence-corrected chi connectivity index (χ1v) is 7.81. The smallest absolute Gasteiger partial charge is 0.376 e. The molecule has 0 aliphatic heterocycles. The van der Waals surface area contributed by atoms with Crippen molar-refractivity contribution in [2.24, 2.45) is 0 Å². The summed E-state index contributed by atoms with van der Waals surface area (Å²) in [4.78, 5) is 23.0. The zero-order valence-electron chi connectivity index (χ0n) is 13.6. The lowest BCUT2D eigenvalue weighted by Gasteiger charge is -2.12. The molecular weight excluding hydrogens is 371 g/mol. The fraction of sp³-hybridized carbons (Fsp3) is 0.176. The average molecular weight is 386 g/mol. The van der Waals surface area contributed by atoms with Gasteiger partial charge in [0.25, 0.3) is 0 Å². The molecular formula is C17H15ClF3N3O2. The minimum Gasteiger partial charge on any atom is -0.376 e. The molecule has 3 N–H and O–H groups in total. The van der Waals surface area contributed by atoms with Gasteiger partial charge < -0.3 is 16.0 Å². The zero-order valence-corrected chi connectivity index (χ0v) is 14.3. The first-order chi connectivity index (χ1) is 12.1. The number of alkyl halides is 3. The van der Waals surface area contributed by atoms with Crippen molar-refractivity contribution in [3.8, 4) is 0 Å². The SMILES string of the molecule is CC(=O)Nc1cccc(NCC(=O)Nc2cc(C(F)(F)F)ccc2Cl)c1. The van der Waals surface area contributed by atoms with Crippen LogP contribution in [0.1, 0.15) is 12.5 Å². The van der Waals surface area contributed by atoms with E-state index in [0.717, 1.165) is 18.2 Å². The highest BCUT2D eigenvalue weighted by Crippen LogP contribution is 2.33. The standard InChI is InChI=1S/C17H15ClF3N3O2/c1-10(25)23-13-4-2-3-12(8-13)22-9-16(26)24-15-7-11(17(19,20)21)5-6-14(15)18/h2-8,22H,9H2,1H3,(H,23,25)(H,24,26).